The fourth-order valence-corrected chi connectivity index (χ4v) is 4.93. The topological polar surface area (TPSA) is 34.1 Å². The highest BCUT2D eigenvalue weighted by Gasteiger charge is 2.22. The fraction of sp³-hybridized carbons (Fsp3) is 0.0667. The van der Waals surface area contributed by atoms with E-state index < -0.39 is 15.7 Å². The molecule has 0 amide bonds. The molecule has 3 aromatic rings. The highest BCUT2D eigenvalue weighted by molar-refractivity contribution is 7.92. The van der Waals surface area contributed by atoms with E-state index in [1.807, 2.05) is 12.3 Å². The molecule has 20 heavy (non-hydrogen) atoms. The molecule has 0 saturated carbocycles. The van der Waals surface area contributed by atoms with Crippen LogP contribution in [-0.4, -0.2) is 8.42 Å². The minimum Gasteiger partial charge on any atom is -0.218 e. The maximum Gasteiger partial charge on any atom is 0.208 e. The maximum atomic E-state index is 13.7. The van der Waals surface area contributed by atoms with Crippen molar-refractivity contribution in [3.63, 3.8) is 0 Å². The van der Waals surface area contributed by atoms with Crippen molar-refractivity contribution in [3.05, 3.63) is 59.2 Å². The summed E-state index contributed by atoms with van der Waals surface area (Å²) in [5.41, 5.74) is 0.883. The molecule has 2 aromatic carbocycles. The van der Waals surface area contributed by atoms with E-state index in [1.54, 1.807) is 18.2 Å². The molecule has 0 N–H and O–H groups in total. The second kappa shape index (κ2) is 4.68. The minimum atomic E-state index is -3.70. The standard InChI is InChI=1S/C15H11FO2S2/c1-10-9-19-15-13(10)7-11(16)8-14(15)20(17,18)12-5-3-2-4-6-12/h2-9H,1H3. The lowest BCUT2D eigenvalue weighted by molar-refractivity contribution is 0.592. The number of fused-ring (bicyclic) bond motifs is 1. The van der Waals surface area contributed by atoms with Crippen molar-refractivity contribution in [1.29, 1.82) is 0 Å². The highest BCUT2D eigenvalue weighted by Crippen LogP contribution is 2.35. The first-order valence-electron chi connectivity index (χ1n) is 5.97. The van der Waals surface area contributed by atoms with Gasteiger partial charge in [-0.05, 0) is 47.5 Å². The molecule has 0 unspecified atom stereocenters. The molecule has 3 rings (SSSR count). The summed E-state index contributed by atoms with van der Waals surface area (Å²) < 4.78 is 39.6. The first-order chi connectivity index (χ1) is 9.50. The zero-order valence-corrected chi connectivity index (χ0v) is 12.3. The molecule has 0 fully saturated rings. The molecule has 0 aliphatic carbocycles. The van der Waals surface area contributed by atoms with Crippen LogP contribution in [0.1, 0.15) is 5.56 Å². The van der Waals surface area contributed by atoms with E-state index in [0.29, 0.717) is 10.1 Å². The summed E-state index contributed by atoms with van der Waals surface area (Å²) in [5, 5.41) is 2.50. The second-order valence-corrected chi connectivity index (χ2v) is 7.31. The van der Waals surface area contributed by atoms with Gasteiger partial charge in [-0.1, -0.05) is 18.2 Å². The van der Waals surface area contributed by atoms with Gasteiger partial charge < -0.3 is 0 Å². The monoisotopic (exact) mass is 306 g/mol. The van der Waals surface area contributed by atoms with E-state index >= 15 is 0 Å². The largest absolute Gasteiger partial charge is 0.218 e. The Morgan fingerprint density at radius 2 is 1.80 bits per heavy atom. The van der Waals surface area contributed by atoms with Crippen LogP contribution in [0.15, 0.2) is 57.6 Å². The molecule has 5 heteroatoms. The molecular weight excluding hydrogens is 295 g/mol. The quantitative estimate of drug-likeness (QED) is 0.711. The molecule has 2 nitrogen and oxygen atoms in total. The van der Waals surface area contributed by atoms with Gasteiger partial charge >= 0.3 is 0 Å². The summed E-state index contributed by atoms with van der Waals surface area (Å²) in [4.78, 5) is 0.217. The van der Waals surface area contributed by atoms with Crippen molar-refractivity contribution < 1.29 is 12.8 Å². The SMILES string of the molecule is Cc1csc2c(S(=O)(=O)c3ccccc3)cc(F)cc12. The van der Waals surface area contributed by atoms with Gasteiger partial charge in [0.1, 0.15) is 5.82 Å². The van der Waals surface area contributed by atoms with Crippen LogP contribution >= 0.6 is 11.3 Å². The number of hydrogen-bond donors (Lipinski definition) is 0. The molecule has 0 aliphatic rings. The molecule has 0 spiro atoms. The summed E-state index contributed by atoms with van der Waals surface area (Å²) >= 11 is 1.32. The second-order valence-electron chi connectivity index (χ2n) is 4.52. The predicted molar refractivity (Wildman–Crippen MR) is 78.4 cm³/mol. The van der Waals surface area contributed by atoms with E-state index in [0.717, 1.165) is 11.6 Å². The van der Waals surface area contributed by atoms with Crippen molar-refractivity contribution in [3.8, 4) is 0 Å². The van der Waals surface area contributed by atoms with Crippen LogP contribution < -0.4 is 0 Å². The third-order valence-electron chi connectivity index (χ3n) is 3.14. The Morgan fingerprint density at radius 1 is 1.10 bits per heavy atom. The normalized spacial score (nSPS) is 11.9. The molecule has 1 aromatic heterocycles. The van der Waals surface area contributed by atoms with Gasteiger partial charge in [-0.25, -0.2) is 12.8 Å². The van der Waals surface area contributed by atoms with Gasteiger partial charge in [-0.3, -0.25) is 0 Å². The number of rotatable bonds is 2. The Kier molecular flexibility index (Phi) is 3.11. The summed E-state index contributed by atoms with van der Waals surface area (Å²) in [5.74, 6) is -0.534. The summed E-state index contributed by atoms with van der Waals surface area (Å²) in [6.07, 6.45) is 0. The van der Waals surface area contributed by atoms with E-state index in [-0.39, 0.29) is 9.79 Å². The van der Waals surface area contributed by atoms with Crippen molar-refractivity contribution in [1.82, 2.24) is 0 Å². The maximum absolute atomic E-state index is 13.7. The van der Waals surface area contributed by atoms with Gasteiger partial charge in [-0.15, -0.1) is 11.3 Å². The minimum absolute atomic E-state index is 0.0387. The molecule has 102 valence electrons. The van der Waals surface area contributed by atoms with Crippen LogP contribution in [0.4, 0.5) is 4.39 Å². The third-order valence-corrected chi connectivity index (χ3v) is 6.21. The first-order valence-corrected chi connectivity index (χ1v) is 8.34. The van der Waals surface area contributed by atoms with Crippen LogP contribution in [-0.2, 0) is 9.84 Å². The van der Waals surface area contributed by atoms with E-state index in [1.165, 1.54) is 29.5 Å². The van der Waals surface area contributed by atoms with Crippen LogP contribution in [0.25, 0.3) is 10.1 Å². The number of benzene rings is 2. The highest BCUT2D eigenvalue weighted by atomic mass is 32.2. The van der Waals surface area contributed by atoms with Crippen LogP contribution in [0.5, 0.6) is 0 Å². The zero-order chi connectivity index (χ0) is 14.3. The Morgan fingerprint density at radius 3 is 2.50 bits per heavy atom. The van der Waals surface area contributed by atoms with Gasteiger partial charge in [0, 0.05) is 0 Å². The van der Waals surface area contributed by atoms with Gasteiger partial charge in [0.15, 0.2) is 0 Å². The van der Waals surface area contributed by atoms with E-state index in [4.69, 9.17) is 0 Å². The van der Waals surface area contributed by atoms with Gasteiger partial charge in [0.25, 0.3) is 0 Å². The lowest BCUT2D eigenvalue weighted by Gasteiger charge is -2.06. The van der Waals surface area contributed by atoms with Crippen molar-refractivity contribution >= 4 is 31.3 Å². The Hall–Kier alpha value is -1.72. The lowest BCUT2D eigenvalue weighted by atomic mass is 10.2. The zero-order valence-electron chi connectivity index (χ0n) is 10.6. The predicted octanol–water partition coefficient (Wildman–Crippen LogP) is 4.18. The summed E-state index contributed by atoms with van der Waals surface area (Å²) in [6.45, 7) is 1.84. The smallest absolute Gasteiger partial charge is 0.208 e. The summed E-state index contributed by atoms with van der Waals surface area (Å²) in [6, 6.07) is 10.6. The van der Waals surface area contributed by atoms with Gasteiger partial charge in [-0.2, -0.15) is 0 Å². The molecule has 0 radical (unpaired) electrons. The Labute approximate surface area is 120 Å². The molecule has 1 heterocycles. The number of thiophene rings is 1. The van der Waals surface area contributed by atoms with Crippen molar-refractivity contribution in [2.24, 2.45) is 0 Å². The lowest BCUT2D eigenvalue weighted by Crippen LogP contribution is -2.02. The average Bonchev–Trinajstić information content (AvgIpc) is 2.80. The average molecular weight is 306 g/mol. The molecule has 0 saturated heterocycles. The summed E-state index contributed by atoms with van der Waals surface area (Å²) in [7, 11) is -3.70. The van der Waals surface area contributed by atoms with Gasteiger partial charge in [0.05, 0.1) is 14.5 Å². The first kappa shape index (κ1) is 13.3. The molecule has 0 bridgehead atoms. The number of halogens is 1. The van der Waals surface area contributed by atoms with Crippen LogP contribution in [0.2, 0.25) is 0 Å². The van der Waals surface area contributed by atoms with Crippen molar-refractivity contribution in [2.75, 3.05) is 0 Å². The number of aryl methyl sites for hydroxylation is 1. The van der Waals surface area contributed by atoms with Crippen LogP contribution in [0, 0.1) is 12.7 Å². The molecule has 0 atom stereocenters. The Bertz CT molecular complexity index is 881. The number of hydrogen-bond acceptors (Lipinski definition) is 3. The molecular formula is C15H11FO2S2. The van der Waals surface area contributed by atoms with Crippen LogP contribution in [0.3, 0.4) is 0 Å². The Balaban J connectivity index is 2.35. The van der Waals surface area contributed by atoms with E-state index in [2.05, 4.69) is 0 Å². The van der Waals surface area contributed by atoms with E-state index in [9.17, 15) is 12.8 Å². The van der Waals surface area contributed by atoms with Gasteiger partial charge in [0.2, 0.25) is 9.84 Å². The number of sulfone groups is 1. The molecule has 0 aliphatic heterocycles. The fourth-order valence-electron chi connectivity index (χ4n) is 2.12. The van der Waals surface area contributed by atoms with Crippen molar-refractivity contribution in [2.45, 2.75) is 16.7 Å². The third kappa shape index (κ3) is 2.03.